The maximum Gasteiger partial charge on any atom is 0.124 e. The Balaban J connectivity index is 3.04. The molecule has 0 radical (unpaired) electrons. The van der Waals surface area contributed by atoms with Gasteiger partial charge in [0.15, 0.2) is 0 Å². The van der Waals surface area contributed by atoms with Gasteiger partial charge in [-0.1, -0.05) is 13.3 Å². The highest BCUT2D eigenvalue weighted by atomic mass is 16.6. The second-order valence-corrected chi connectivity index (χ2v) is 2.19. The van der Waals surface area contributed by atoms with Crippen molar-refractivity contribution in [1.82, 2.24) is 0 Å². The van der Waals surface area contributed by atoms with Gasteiger partial charge in [-0.05, 0) is 19.8 Å². The molecule has 1 atom stereocenters. The normalized spacial score (nSPS) is 12.7. The summed E-state index contributed by atoms with van der Waals surface area (Å²) in [7, 11) is 0. The third kappa shape index (κ3) is 5.34. The highest BCUT2D eigenvalue weighted by molar-refractivity contribution is 5.21. The fourth-order valence-electron chi connectivity index (χ4n) is 0.672. The molecule has 9 heavy (non-hydrogen) atoms. The van der Waals surface area contributed by atoms with Crippen LogP contribution in [0.15, 0.2) is 5.16 Å². The quantitative estimate of drug-likeness (QED) is 0.412. The van der Waals surface area contributed by atoms with Crippen molar-refractivity contribution in [2.75, 3.05) is 0 Å². The second kappa shape index (κ2) is 5.60. The lowest BCUT2D eigenvalue weighted by molar-refractivity contribution is 0.0669. The van der Waals surface area contributed by atoms with E-state index in [2.05, 4.69) is 18.8 Å². The summed E-state index contributed by atoms with van der Waals surface area (Å²) in [6.45, 7) is 7.40. The van der Waals surface area contributed by atoms with Crippen molar-refractivity contribution in [1.29, 1.82) is 0 Å². The standard InChI is InChI=1S/C7H15NO/c1-4-5-6-7(2)9-8-3/h7H,3-6H2,1-2H3. The van der Waals surface area contributed by atoms with Crippen LogP contribution in [0.3, 0.4) is 0 Å². The maximum atomic E-state index is 4.86. The lowest BCUT2D eigenvalue weighted by Crippen LogP contribution is -2.02. The topological polar surface area (TPSA) is 21.6 Å². The van der Waals surface area contributed by atoms with Crippen molar-refractivity contribution < 1.29 is 4.84 Å². The molecular weight excluding hydrogens is 114 g/mol. The van der Waals surface area contributed by atoms with E-state index in [-0.39, 0.29) is 6.10 Å². The van der Waals surface area contributed by atoms with Gasteiger partial charge in [-0.25, -0.2) is 0 Å². The van der Waals surface area contributed by atoms with E-state index in [4.69, 9.17) is 4.84 Å². The third-order valence-corrected chi connectivity index (χ3v) is 1.22. The summed E-state index contributed by atoms with van der Waals surface area (Å²) >= 11 is 0. The summed E-state index contributed by atoms with van der Waals surface area (Å²) in [5, 5.41) is 3.34. The minimum Gasteiger partial charge on any atom is -0.393 e. The van der Waals surface area contributed by atoms with Crippen LogP contribution in [0.25, 0.3) is 0 Å². The van der Waals surface area contributed by atoms with Crippen LogP contribution in [0.2, 0.25) is 0 Å². The Morgan fingerprint density at radius 1 is 1.67 bits per heavy atom. The van der Waals surface area contributed by atoms with Crippen molar-refractivity contribution >= 4 is 6.72 Å². The monoisotopic (exact) mass is 129 g/mol. The van der Waals surface area contributed by atoms with Crippen molar-refractivity contribution in [2.45, 2.75) is 39.2 Å². The van der Waals surface area contributed by atoms with Crippen LogP contribution in [0.1, 0.15) is 33.1 Å². The molecule has 0 aromatic carbocycles. The molecule has 0 heterocycles. The van der Waals surface area contributed by atoms with Gasteiger partial charge in [0.05, 0.1) is 0 Å². The summed E-state index contributed by atoms with van der Waals surface area (Å²) in [6, 6.07) is 0. The number of oxime groups is 1. The Morgan fingerprint density at radius 2 is 2.33 bits per heavy atom. The van der Waals surface area contributed by atoms with E-state index in [9.17, 15) is 0 Å². The molecule has 0 N–H and O–H groups in total. The first kappa shape index (κ1) is 8.47. The van der Waals surface area contributed by atoms with Gasteiger partial charge in [0.25, 0.3) is 0 Å². The van der Waals surface area contributed by atoms with E-state index >= 15 is 0 Å². The molecule has 1 unspecified atom stereocenters. The molecule has 2 nitrogen and oxygen atoms in total. The molecule has 2 heteroatoms. The molecule has 0 aliphatic heterocycles. The average Bonchev–Trinajstić information content (AvgIpc) is 1.85. The molecule has 0 aliphatic rings. The van der Waals surface area contributed by atoms with Gasteiger partial charge in [0, 0.05) is 6.72 Å². The first-order chi connectivity index (χ1) is 4.31. The number of nitrogens with zero attached hydrogens (tertiary/aromatic N) is 1. The summed E-state index contributed by atoms with van der Waals surface area (Å²) in [4.78, 5) is 4.86. The van der Waals surface area contributed by atoms with Crippen LogP contribution in [0, 0.1) is 0 Å². The first-order valence-electron chi connectivity index (χ1n) is 3.43. The molecule has 0 aromatic rings. The highest BCUT2D eigenvalue weighted by Gasteiger charge is 1.98. The first-order valence-corrected chi connectivity index (χ1v) is 3.43. The Kier molecular flexibility index (Phi) is 5.27. The summed E-state index contributed by atoms with van der Waals surface area (Å²) in [5.74, 6) is 0. The lowest BCUT2D eigenvalue weighted by Gasteiger charge is -2.06. The van der Waals surface area contributed by atoms with E-state index in [0.29, 0.717) is 0 Å². The molecule has 0 saturated heterocycles. The van der Waals surface area contributed by atoms with E-state index in [0.717, 1.165) is 6.42 Å². The van der Waals surface area contributed by atoms with E-state index < -0.39 is 0 Å². The van der Waals surface area contributed by atoms with Crippen molar-refractivity contribution in [2.24, 2.45) is 5.16 Å². The smallest absolute Gasteiger partial charge is 0.124 e. The fraction of sp³-hybridized carbons (Fsp3) is 0.857. The number of hydrogen-bond acceptors (Lipinski definition) is 2. The maximum absolute atomic E-state index is 4.86. The van der Waals surface area contributed by atoms with Crippen LogP contribution in [0.5, 0.6) is 0 Å². The molecule has 0 saturated carbocycles. The Hall–Kier alpha value is -0.530. The van der Waals surface area contributed by atoms with Gasteiger partial charge in [-0.2, -0.15) is 0 Å². The molecule has 0 aliphatic carbocycles. The zero-order chi connectivity index (χ0) is 7.11. The lowest BCUT2D eigenvalue weighted by atomic mass is 10.2. The number of unbranched alkanes of at least 4 members (excludes halogenated alkanes) is 1. The van der Waals surface area contributed by atoms with Gasteiger partial charge >= 0.3 is 0 Å². The van der Waals surface area contributed by atoms with E-state index in [1.54, 1.807) is 0 Å². The van der Waals surface area contributed by atoms with Crippen molar-refractivity contribution in [3.8, 4) is 0 Å². The Morgan fingerprint density at radius 3 is 2.78 bits per heavy atom. The van der Waals surface area contributed by atoms with Crippen LogP contribution < -0.4 is 0 Å². The summed E-state index contributed by atoms with van der Waals surface area (Å²) in [5.41, 5.74) is 0. The van der Waals surface area contributed by atoms with Gasteiger partial charge in [-0.3, -0.25) is 0 Å². The third-order valence-electron chi connectivity index (χ3n) is 1.22. The SMILES string of the molecule is C=NOC(C)CCCC. The molecule has 0 rings (SSSR count). The zero-order valence-corrected chi connectivity index (χ0v) is 6.26. The van der Waals surface area contributed by atoms with Gasteiger partial charge in [0.1, 0.15) is 6.10 Å². The van der Waals surface area contributed by atoms with Crippen molar-refractivity contribution in [3.05, 3.63) is 0 Å². The number of rotatable bonds is 5. The Labute approximate surface area is 56.9 Å². The van der Waals surface area contributed by atoms with Crippen LogP contribution >= 0.6 is 0 Å². The van der Waals surface area contributed by atoms with Gasteiger partial charge in [-0.15, -0.1) is 5.16 Å². The fourth-order valence-corrected chi connectivity index (χ4v) is 0.672. The largest absolute Gasteiger partial charge is 0.393 e. The van der Waals surface area contributed by atoms with Crippen LogP contribution in [-0.4, -0.2) is 12.8 Å². The van der Waals surface area contributed by atoms with Crippen LogP contribution in [-0.2, 0) is 4.84 Å². The average molecular weight is 129 g/mol. The minimum atomic E-state index is 0.238. The Bertz CT molecular complexity index is 73.3. The zero-order valence-electron chi connectivity index (χ0n) is 6.26. The molecule has 54 valence electrons. The van der Waals surface area contributed by atoms with Gasteiger partial charge < -0.3 is 4.84 Å². The predicted octanol–water partition coefficient (Wildman–Crippen LogP) is 2.20. The second-order valence-electron chi connectivity index (χ2n) is 2.19. The molecule has 0 bridgehead atoms. The predicted molar refractivity (Wildman–Crippen MR) is 39.6 cm³/mol. The minimum absolute atomic E-state index is 0.238. The van der Waals surface area contributed by atoms with Crippen LogP contribution in [0.4, 0.5) is 0 Å². The molecular formula is C7H15NO. The van der Waals surface area contributed by atoms with E-state index in [1.807, 2.05) is 6.92 Å². The molecule has 0 amide bonds. The molecule has 0 fully saturated rings. The summed E-state index contributed by atoms with van der Waals surface area (Å²) < 4.78 is 0. The summed E-state index contributed by atoms with van der Waals surface area (Å²) in [6.07, 6.45) is 3.74. The van der Waals surface area contributed by atoms with E-state index in [1.165, 1.54) is 12.8 Å². The molecule has 0 spiro atoms. The van der Waals surface area contributed by atoms with Gasteiger partial charge in [0.2, 0.25) is 0 Å². The van der Waals surface area contributed by atoms with Crippen molar-refractivity contribution in [3.63, 3.8) is 0 Å². The highest BCUT2D eigenvalue weighted by Crippen LogP contribution is 2.02. The number of hydrogen-bond donors (Lipinski definition) is 0. The molecule has 0 aromatic heterocycles.